The number of rotatable bonds is 1. The number of esters is 2. The molecular formula is C19H28ClNO7. The first-order chi connectivity index (χ1) is 12.9. The smallest absolute Gasteiger partial charge is 0.340 e. The second-order valence-corrected chi connectivity index (χ2v) is 8.56. The van der Waals surface area contributed by atoms with Gasteiger partial charge in [0.05, 0.1) is 5.38 Å². The highest BCUT2D eigenvalue weighted by Gasteiger charge is 2.50. The lowest BCUT2D eigenvalue weighted by Crippen LogP contribution is -2.54. The molecule has 1 saturated heterocycles. The summed E-state index contributed by atoms with van der Waals surface area (Å²) in [7, 11) is 1.83. The number of carbonyl (C=O) groups excluding carboxylic acids is 3. The number of hydrogen-bond acceptors (Lipinski definition) is 8. The largest absolute Gasteiger partial charge is 0.459 e. The molecule has 2 aliphatic heterocycles. The Hall–Kier alpha value is -1.48. The van der Waals surface area contributed by atoms with Crippen LogP contribution in [-0.4, -0.2) is 82.3 Å². The molecule has 0 aromatic heterocycles. The van der Waals surface area contributed by atoms with Crippen LogP contribution < -0.4 is 0 Å². The van der Waals surface area contributed by atoms with Crippen molar-refractivity contribution in [1.82, 2.24) is 4.90 Å². The van der Waals surface area contributed by atoms with Crippen LogP contribution in [0.25, 0.3) is 0 Å². The molecule has 5 atom stereocenters. The highest BCUT2D eigenvalue weighted by Crippen LogP contribution is 2.33. The molecule has 2 heterocycles. The highest BCUT2D eigenvalue weighted by atomic mass is 35.5. The van der Waals surface area contributed by atoms with E-state index in [1.807, 2.05) is 11.9 Å². The minimum Gasteiger partial charge on any atom is -0.459 e. The SMILES string of the molecule is C[C@@H]1C[C@](O)([C@@H](C)Cl)C(=O)O[C@@H]2CCN(C)C/C=C(/COC(=O)[C@]1(C)O)C2=O. The first-order valence-electron chi connectivity index (χ1n) is 9.28. The van der Waals surface area contributed by atoms with Crippen LogP contribution >= 0.6 is 11.6 Å². The maximum Gasteiger partial charge on any atom is 0.340 e. The summed E-state index contributed by atoms with van der Waals surface area (Å²) in [6.45, 7) is 4.76. The Morgan fingerprint density at radius 2 is 1.93 bits per heavy atom. The Morgan fingerprint density at radius 1 is 1.29 bits per heavy atom. The van der Waals surface area contributed by atoms with Gasteiger partial charge in [-0.1, -0.05) is 13.0 Å². The molecule has 0 amide bonds. The Balaban J connectivity index is 2.50. The average molecular weight is 418 g/mol. The van der Waals surface area contributed by atoms with E-state index >= 15 is 0 Å². The van der Waals surface area contributed by atoms with E-state index in [1.165, 1.54) is 20.8 Å². The van der Waals surface area contributed by atoms with Gasteiger partial charge < -0.3 is 24.6 Å². The monoisotopic (exact) mass is 417 g/mol. The zero-order chi connectivity index (χ0) is 21.3. The number of fused-ring (bicyclic) bond motifs is 2. The molecular weight excluding hydrogens is 390 g/mol. The van der Waals surface area contributed by atoms with E-state index in [-0.39, 0.29) is 25.0 Å². The maximum atomic E-state index is 12.8. The van der Waals surface area contributed by atoms with Crippen LogP contribution in [0.15, 0.2) is 11.6 Å². The number of nitrogens with zero attached hydrogens (tertiary/aromatic N) is 1. The van der Waals surface area contributed by atoms with Crippen molar-refractivity contribution in [3.05, 3.63) is 11.6 Å². The summed E-state index contributed by atoms with van der Waals surface area (Å²) < 4.78 is 10.6. The molecule has 9 heteroatoms. The molecule has 158 valence electrons. The van der Waals surface area contributed by atoms with E-state index in [2.05, 4.69) is 0 Å². The fourth-order valence-electron chi connectivity index (χ4n) is 3.17. The van der Waals surface area contributed by atoms with Gasteiger partial charge in [-0.05, 0) is 33.2 Å². The zero-order valence-electron chi connectivity index (χ0n) is 16.6. The minimum absolute atomic E-state index is 0.171. The third-order valence-electron chi connectivity index (χ3n) is 5.64. The fraction of sp³-hybridized carbons (Fsp3) is 0.737. The average Bonchev–Trinajstić information content (AvgIpc) is 2.61. The lowest BCUT2D eigenvalue weighted by Gasteiger charge is -2.37. The van der Waals surface area contributed by atoms with Crippen LogP contribution in [0.2, 0.25) is 0 Å². The first kappa shape index (κ1) is 22.8. The molecule has 0 spiro atoms. The summed E-state index contributed by atoms with van der Waals surface area (Å²) in [4.78, 5) is 40.0. The van der Waals surface area contributed by atoms with E-state index in [4.69, 9.17) is 21.1 Å². The number of Topliss-reactive ketones (excluding diaryl/α,β-unsaturated/α-hetero) is 1. The van der Waals surface area contributed by atoms with E-state index in [9.17, 15) is 24.6 Å². The van der Waals surface area contributed by atoms with Crippen molar-refractivity contribution in [2.45, 2.75) is 56.3 Å². The van der Waals surface area contributed by atoms with Crippen molar-refractivity contribution in [1.29, 1.82) is 0 Å². The number of hydrogen-bond donors (Lipinski definition) is 2. The summed E-state index contributed by atoms with van der Waals surface area (Å²) in [5.41, 5.74) is -4.02. The fourth-order valence-corrected chi connectivity index (χ4v) is 3.35. The Kier molecular flexibility index (Phi) is 6.91. The van der Waals surface area contributed by atoms with Gasteiger partial charge in [-0.25, -0.2) is 9.59 Å². The summed E-state index contributed by atoms with van der Waals surface area (Å²) >= 11 is 6.08. The van der Waals surface area contributed by atoms with Gasteiger partial charge in [-0.2, -0.15) is 0 Å². The van der Waals surface area contributed by atoms with Gasteiger partial charge in [0.2, 0.25) is 5.78 Å². The van der Waals surface area contributed by atoms with Crippen molar-refractivity contribution in [2.24, 2.45) is 5.92 Å². The molecule has 0 unspecified atom stereocenters. The van der Waals surface area contributed by atoms with Crippen molar-refractivity contribution < 1.29 is 34.1 Å². The standard InChI is InChI=1S/C19H28ClNO7/c1-11-9-19(26,12(2)20)17(24)28-14-6-8-21(4)7-5-13(15(14)22)10-27-16(23)18(11,3)25/h5,11-12,14,25-26H,6-10H2,1-4H3/b13-5-/t11-,12-,14-,18-,19+/m1/s1. The van der Waals surface area contributed by atoms with Crippen molar-refractivity contribution in [3.63, 3.8) is 0 Å². The third kappa shape index (κ3) is 4.56. The Labute approximate surface area is 169 Å². The minimum atomic E-state index is -2.19. The summed E-state index contributed by atoms with van der Waals surface area (Å²) in [6, 6.07) is 0. The molecule has 0 aromatic rings. The molecule has 2 rings (SSSR count). The van der Waals surface area contributed by atoms with E-state index in [0.29, 0.717) is 13.1 Å². The van der Waals surface area contributed by atoms with Gasteiger partial charge in [-0.15, -0.1) is 11.6 Å². The van der Waals surface area contributed by atoms with E-state index in [1.54, 1.807) is 6.08 Å². The normalized spacial score (nSPS) is 39.2. The summed E-state index contributed by atoms with van der Waals surface area (Å²) in [6.07, 6.45) is 0.363. The Morgan fingerprint density at radius 3 is 2.54 bits per heavy atom. The number of ether oxygens (including phenoxy) is 2. The van der Waals surface area contributed by atoms with Crippen LogP contribution in [0.1, 0.15) is 33.6 Å². The lowest BCUT2D eigenvalue weighted by molar-refractivity contribution is -0.183. The van der Waals surface area contributed by atoms with Gasteiger partial charge in [0.15, 0.2) is 17.3 Å². The van der Waals surface area contributed by atoms with Crippen molar-refractivity contribution in [2.75, 3.05) is 26.7 Å². The van der Waals surface area contributed by atoms with Crippen LogP contribution in [0.5, 0.6) is 0 Å². The molecule has 0 radical (unpaired) electrons. The zero-order valence-corrected chi connectivity index (χ0v) is 17.4. The van der Waals surface area contributed by atoms with Crippen LogP contribution in [0, 0.1) is 5.92 Å². The predicted molar refractivity (Wildman–Crippen MR) is 101 cm³/mol. The summed E-state index contributed by atoms with van der Waals surface area (Å²) in [5, 5.41) is 20.5. The summed E-state index contributed by atoms with van der Waals surface area (Å²) in [5.74, 6) is -3.36. The van der Waals surface area contributed by atoms with Crippen LogP contribution in [0.4, 0.5) is 0 Å². The lowest BCUT2D eigenvalue weighted by atomic mass is 9.79. The molecule has 0 saturated carbocycles. The molecule has 28 heavy (non-hydrogen) atoms. The molecule has 2 bridgehead atoms. The van der Waals surface area contributed by atoms with Crippen molar-refractivity contribution in [3.8, 4) is 0 Å². The van der Waals surface area contributed by atoms with E-state index in [0.717, 1.165) is 0 Å². The van der Waals surface area contributed by atoms with E-state index < -0.39 is 46.3 Å². The number of halogens is 1. The molecule has 1 fully saturated rings. The van der Waals surface area contributed by atoms with Gasteiger partial charge >= 0.3 is 11.9 Å². The van der Waals surface area contributed by atoms with Gasteiger partial charge in [0.1, 0.15) is 6.61 Å². The van der Waals surface area contributed by atoms with Gasteiger partial charge in [0.25, 0.3) is 0 Å². The van der Waals surface area contributed by atoms with Crippen LogP contribution in [-0.2, 0) is 23.9 Å². The number of cyclic esters (lactones) is 1. The molecule has 2 aliphatic rings. The number of likely N-dealkylation sites (N-methyl/N-ethyl adjacent to an activating group) is 1. The second kappa shape index (κ2) is 8.49. The molecule has 2 N–H and O–H groups in total. The van der Waals surface area contributed by atoms with Crippen molar-refractivity contribution >= 4 is 29.3 Å². The number of alkyl halides is 1. The quantitative estimate of drug-likeness (QED) is 0.466. The number of aliphatic hydroxyl groups is 2. The third-order valence-corrected chi connectivity index (χ3v) is 6.00. The predicted octanol–water partition coefficient (Wildman–Crippen LogP) is 0.422. The Bertz CT molecular complexity index is 675. The number of ketones is 1. The number of carbonyl (C=O) groups is 3. The molecule has 0 aromatic carbocycles. The molecule has 0 aliphatic carbocycles. The first-order valence-corrected chi connectivity index (χ1v) is 9.72. The topological polar surface area (TPSA) is 113 Å². The van der Waals surface area contributed by atoms with Crippen LogP contribution in [0.3, 0.4) is 0 Å². The second-order valence-electron chi connectivity index (χ2n) is 7.91. The van der Waals surface area contributed by atoms with Gasteiger partial charge in [0, 0.05) is 25.1 Å². The highest BCUT2D eigenvalue weighted by molar-refractivity contribution is 6.23. The van der Waals surface area contributed by atoms with Gasteiger partial charge in [-0.3, -0.25) is 4.79 Å². The molecule has 8 nitrogen and oxygen atoms in total. The maximum absolute atomic E-state index is 12.8.